The molecule has 8 heterocycles. The molecule has 0 saturated carbocycles. The Kier molecular flexibility index (Phi) is 26.3. The van der Waals surface area contributed by atoms with Crippen LogP contribution in [0.25, 0.3) is 66.7 Å². The Hall–Kier alpha value is -14.1. The van der Waals surface area contributed by atoms with Crippen molar-refractivity contribution in [2.45, 2.75) is 126 Å². The number of nitriles is 3. The fraction of sp³-hybridized carbons (Fsp3) is 0.247. The Balaban J connectivity index is 0.000000140. The van der Waals surface area contributed by atoms with Crippen molar-refractivity contribution in [3.63, 3.8) is 0 Å². The van der Waals surface area contributed by atoms with E-state index in [2.05, 4.69) is 77.4 Å². The van der Waals surface area contributed by atoms with Gasteiger partial charge in [-0.15, -0.1) is 6.42 Å². The van der Waals surface area contributed by atoms with Crippen LogP contribution in [-0.2, 0) is 26.2 Å². The quantitative estimate of drug-likeness (QED) is 0.0276. The molecule has 25 heteroatoms. The number of aryl methyl sites for hydroxylation is 7. The fourth-order valence-electron chi connectivity index (χ4n) is 15.8. The Labute approximate surface area is 709 Å². The molecule has 8 aromatic heterocycles. The third-order valence-corrected chi connectivity index (χ3v) is 22.0. The van der Waals surface area contributed by atoms with Crippen molar-refractivity contribution in [1.82, 2.24) is 35.9 Å². The van der Waals surface area contributed by atoms with Crippen LogP contribution in [0.2, 0.25) is 5.02 Å². The summed E-state index contributed by atoms with van der Waals surface area (Å²) >= 11 is 6.18. The van der Waals surface area contributed by atoms with Crippen LogP contribution in [-0.4, -0.2) is 113 Å². The van der Waals surface area contributed by atoms with Crippen LogP contribution < -0.4 is 48.2 Å². The van der Waals surface area contributed by atoms with Gasteiger partial charge in [-0.2, -0.15) is 15.8 Å². The molecule has 620 valence electrons. The number of hydrogen-bond donors (Lipinski definition) is 8. The molecular weight excluding hydrogens is 1550 g/mol. The highest BCUT2D eigenvalue weighted by Crippen LogP contribution is 2.31. The zero-order chi connectivity index (χ0) is 86.9. The fourth-order valence-corrected chi connectivity index (χ4v) is 16.0. The Morgan fingerprint density at radius 3 is 0.984 bits per heavy atom. The maximum absolute atomic E-state index is 12.7. The van der Waals surface area contributed by atoms with Crippen LogP contribution in [0.3, 0.4) is 0 Å². The monoisotopic (exact) mass is 1650 g/mol. The third-order valence-electron chi connectivity index (χ3n) is 21.6. The number of fused-ring (bicyclic) bond motifs is 12. The number of anilines is 4. The first-order valence-corrected chi connectivity index (χ1v) is 40.7. The van der Waals surface area contributed by atoms with E-state index >= 15 is 0 Å². The highest BCUT2D eigenvalue weighted by molar-refractivity contribution is 6.31. The molecule has 8 N–H and O–H groups in total. The van der Waals surface area contributed by atoms with Gasteiger partial charge < -0.3 is 64.7 Å². The zero-order valence-corrected chi connectivity index (χ0v) is 70.3. The number of hydrogen-bond acceptors (Lipinski definition) is 16. The number of imidazole rings is 4. The highest BCUT2D eigenvalue weighted by atomic mass is 35.5. The van der Waals surface area contributed by atoms with Crippen LogP contribution in [0.15, 0.2) is 225 Å². The number of para-hydroxylation sites is 8. The second-order valence-electron chi connectivity index (χ2n) is 30.9. The lowest BCUT2D eigenvalue weighted by Gasteiger charge is -2.16. The molecule has 4 atom stereocenters. The first-order valence-electron chi connectivity index (χ1n) is 40.3. The highest BCUT2D eigenvalue weighted by Gasteiger charge is 2.25. The van der Waals surface area contributed by atoms with Crippen LogP contribution in [0, 0.1) is 94.8 Å². The number of aromatic nitrogens is 8. The summed E-state index contributed by atoms with van der Waals surface area (Å²) in [6.07, 6.45) is 2.89. The molecule has 8 aromatic carbocycles. The summed E-state index contributed by atoms with van der Waals surface area (Å²) in [5.41, 5.74) is 20.4. The predicted octanol–water partition coefficient (Wildman–Crippen LogP) is 14.8. The van der Waals surface area contributed by atoms with Gasteiger partial charge in [-0.1, -0.05) is 104 Å². The number of rotatable bonds is 23. The van der Waals surface area contributed by atoms with Gasteiger partial charge in [0.25, 0.3) is 22.2 Å². The summed E-state index contributed by atoms with van der Waals surface area (Å²) in [5, 5.41) is 86.0. The van der Waals surface area contributed by atoms with E-state index < -0.39 is 24.4 Å². The van der Waals surface area contributed by atoms with Crippen LogP contribution >= 0.6 is 11.6 Å². The second kappa shape index (κ2) is 37.5. The Morgan fingerprint density at radius 2 is 0.672 bits per heavy atom. The third kappa shape index (κ3) is 18.1. The van der Waals surface area contributed by atoms with E-state index in [-0.39, 0.29) is 48.4 Å². The lowest BCUT2D eigenvalue weighted by Crippen LogP contribution is -2.25. The second-order valence-corrected chi connectivity index (χ2v) is 31.3. The smallest absolute Gasteiger partial charge is 0.257 e. The molecule has 0 aliphatic rings. The normalized spacial score (nSPS) is 12.2. The van der Waals surface area contributed by atoms with Crippen molar-refractivity contribution in [2.24, 2.45) is 0 Å². The number of nitrogens with zero attached hydrogens (tertiary/aromatic N) is 11. The molecule has 122 heavy (non-hydrogen) atoms. The summed E-state index contributed by atoms with van der Waals surface area (Å²) in [7, 11) is 0. The number of halogens is 1. The molecule has 16 aromatic rings. The van der Waals surface area contributed by atoms with Gasteiger partial charge in [0.1, 0.15) is 46.5 Å². The molecule has 0 saturated heterocycles. The zero-order valence-electron chi connectivity index (χ0n) is 69.6. The van der Waals surface area contributed by atoms with Gasteiger partial charge in [0.2, 0.25) is 0 Å². The average Bonchev–Trinajstić information content (AvgIpc) is 1.60. The summed E-state index contributed by atoms with van der Waals surface area (Å²) in [5.74, 6) is 3.98. The predicted molar refractivity (Wildman–Crippen MR) is 486 cm³/mol. The number of nitrogens with one attached hydrogen (secondary N) is 4. The Morgan fingerprint density at radius 1 is 0.377 bits per heavy atom. The van der Waals surface area contributed by atoms with E-state index in [1.165, 1.54) is 23.8 Å². The Bertz CT molecular complexity index is 7060. The van der Waals surface area contributed by atoms with Crippen molar-refractivity contribution in [3.05, 3.63) is 319 Å². The van der Waals surface area contributed by atoms with Crippen LogP contribution in [0.4, 0.5) is 22.7 Å². The van der Waals surface area contributed by atoms with E-state index in [1.54, 1.807) is 44.4 Å². The molecular formula is C97H96ClN15O9. The summed E-state index contributed by atoms with van der Waals surface area (Å²) in [4.78, 5) is 50.9. The van der Waals surface area contributed by atoms with E-state index in [4.69, 9.17) is 22.8 Å². The van der Waals surface area contributed by atoms with E-state index in [9.17, 15) is 55.4 Å². The average molecular weight is 1650 g/mol. The summed E-state index contributed by atoms with van der Waals surface area (Å²) in [6.45, 7) is 22.3. The minimum absolute atomic E-state index is 0.140. The van der Waals surface area contributed by atoms with Crippen LogP contribution in [0.5, 0.6) is 5.75 Å². The van der Waals surface area contributed by atoms with Crippen molar-refractivity contribution in [2.75, 3.05) is 54.1 Å². The topological polar surface area (TPSA) is 315 Å². The SMILES string of the molecule is C#Cc1c(C)cc(=O)n2c3ccccc3n(CC(O)CNc3ccc(C)c(Cl)c3)c12.CCOc1ccc(NCC(O)Cn2c3ccccc3n3c(=O)cc(C)c(C#N)c23)cc1.Cc1cc(=O)n2c3ccccc3n(CC(O)CNc3ccc(C(C)C)cc3)c2c1C#N.Cc1cc(C)cc(NCC(O)Cn2c3ccccc3n3c(=O)cc(C)c(C#N)c23)c1. The van der Waals surface area contributed by atoms with Gasteiger partial charge in [0.05, 0.1) is 124 Å². The molecule has 0 spiro atoms. The molecule has 4 unspecified atom stereocenters. The molecule has 0 radical (unpaired) electrons. The molecule has 0 aliphatic carbocycles. The van der Waals surface area contributed by atoms with Gasteiger partial charge in [-0.25, -0.2) is 0 Å². The van der Waals surface area contributed by atoms with Gasteiger partial charge in [0, 0.05) is 78.2 Å². The van der Waals surface area contributed by atoms with Crippen molar-refractivity contribution >= 4 is 101 Å². The first kappa shape index (κ1) is 85.8. The number of pyridine rings is 4. The molecule has 0 bridgehead atoms. The van der Waals surface area contributed by atoms with Gasteiger partial charge in [0.15, 0.2) is 0 Å². The standard InChI is InChI=1S/C25H26N4O2.C24H22ClN3O2.C24H24N4O3.C24H24N4O2/c1-16(2)18-8-10-19(11-9-18)27-14-20(30)15-28-22-6-4-5-7-23(22)29-24(31)12-17(3)21(13-26)25(28)29;1-4-19-16(3)11-23(30)28-22-8-6-5-7-21(22)27(24(19)28)14-18(29)13-26-17-10-9-15(2)20(25)12-17;1-3-31-19-10-8-17(9-11-19)26-14-18(29)15-27-21-6-4-5-7-22(21)28-23(30)12-16(2)20(13-25)24(27)28;1-15-8-16(2)10-18(9-15)26-13-19(29)14-27-21-6-4-5-7-22(21)28-23(30)11-17(3)20(12-25)24(27)28/h4-12,16,20,27,30H,14-15H2,1-3H3;1,5-12,18,26,29H,13-14H2,2-3H3;4-12,18,26,29H,3,14-15H2,1-2H3;4-11,19,26,29H,13-14H2,1-3H3. The summed E-state index contributed by atoms with van der Waals surface area (Å²) in [6, 6.07) is 70.4. The maximum Gasteiger partial charge on any atom is 0.257 e. The van der Waals surface area contributed by atoms with Crippen molar-refractivity contribution in [3.8, 4) is 36.3 Å². The maximum atomic E-state index is 12.7. The summed E-state index contributed by atoms with van der Waals surface area (Å²) < 4.78 is 19.3. The lowest BCUT2D eigenvalue weighted by atomic mass is 10.0. The van der Waals surface area contributed by atoms with Crippen molar-refractivity contribution in [1.29, 1.82) is 15.8 Å². The molecule has 0 aliphatic heterocycles. The molecule has 0 amide bonds. The number of benzene rings is 8. The minimum Gasteiger partial charge on any atom is -0.494 e. The minimum atomic E-state index is -0.742. The largest absolute Gasteiger partial charge is 0.494 e. The molecule has 0 fully saturated rings. The van der Waals surface area contributed by atoms with E-state index in [1.807, 2.05) is 217 Å². The van der Waals surface area contributed by atoms with E-state index in [0.717, 1.165) is 89.4 Å². The van der Waals surface area contributed by atoms with Gasteiger partial charge >= 0.3 is 0 Å². The number of aliphatic hydroxyl groups is 4. The number of aliphatic hydroxyl groups excluding tert-OH is 4. The number of terminal acetylenes is 1. The first-order chi connectivity index (χ1) is 58.7. The van der Waals surface area contributed by atoms with Crippen molar-refractivity contribution < 1.29 is 25.2 Å². The molecule has 16 rings (SSSR count). The lowest BCUT2D eigenvalue weighted by molar-refractivity contribution is 0.169. The number of ether oxygens (including phenoxy) is 1. The molecule has 24 nitrogen and oxygen atoms in total. The van der Waals surface area contributed by atoms with Gasteiger partial charge in [-0.05, 0) is 215 Å². The van der Waals surface area contributed by atoms with Gasteiger partial charge in [-0.3, -0.25) is 36.8 Å². The van der Waals surface area contributed by atoms with Crippen LogP contribution in [0.1, 0.15) is 93.5 Å². The van der Waals surface area contributed by atoms with E-state index in [0.29, 0.717) is 111 Å².